The molecule has 0 aliphatic rings. The minimum absolute atomic E-state index is 0.0757. The van der Waals surface area contributed by atoms with Gasteiger partial charge >= 0.3 is 0 Å². The van der Waals surface area contributed by atoms with E-state index in [0.29, 0.717) is 0 Å². The van der Waals surface area contributed by atoms with Gasteiger partial charge in [-0.1, -0.05) is 10.3 Å². The number of rotatable bonds is 5. The summed E-state index contributed by atoms with van der Waals surface area (Å²) in [5, 5.41) is 7.63. The van der Waals surface area contributed by atoms with Gasteiger partial charge in [0.2, 0.25) is 0 Å². The first-order valence-corrected chi connectivity index (χ1v) is 4.88. The second kappa shape index (κ2) is 4.75. The van der Waals surface area contributed by atoms with Gasteiger partial charge in [0, 0.05) is 24.6 Å². The first-order valence-electron chi connectivity index (χ1n) is 4.88. The maximum atomic E-state index is 5.94. The Kier molecular flexibility index (Phi) is 3.14. The van der Waals surface area contributed by atoms with E-state index in [9.17, 15) is 0 Å². The van der Waals surface area contributed by atoms with Crippen LogP contribution in [0, 0.1) is 0 Å². The fourth-order valence-corrected chi connectivity index (χ4v) is 1.41. The highest BCUT2D eigenvalue weighted by atomic mass is 16.5. The summed E-state index contributed by atoms with van der Waals surface area (Å²) >= 11 is 0. The molecule has 0 aromatic carbocycles. The van der Waals surface area contributed by atoms with Gasteiger partial charge in [-0.25, -0.2) is 0 Å². The summed E-state index contributed by atoms with van der Waals surface area (Å²) < 4.78 is 9.47. The van der Waals surface area contributed by atoms with Crippen LogP contribution in [0.4, 0.5) is 0 Å². The molecule has 0 saturated carbocycles. The number of nitrogens with two attached hydrogens (primary N) is 1. The molecule has 0 amide bonds. The van der Waals surface area contributed by atoms with Crippen molar-refractivity contribution in [3.8, 4) is 0 Å². The van der Waals surface area contributed by atoms with Gasteiger partial charge in [0.15, 0.2) is 0 Å². The number of hydrogen-bond donors (Lipinski definition) is 1. The predicted octanol–water partition coefficient (Wildman–Crippen LogP) is 1.17. The second-order valence-corrected chi connectivity index (χ2v) is 3.48. The van der Waals surface area contributed by atoms with Gasteiger partial charge < -0.3 is 14.8 Å². The van der Waals surface area contributed by atoms with E-state index in [1.165, 1.54) is 0 Å². The van der Waals surface area contributed by atoms with Crippen molar-refractivity contribution in [2.24, 2.45) is 5.73 Å². The van der Waals surface area contributed by atoms with Crippen LogP contribution in [0.2, 0.25) is 0 Å². The van der Waals surface area contributed by atoms with Gasteiger partial charge in [0.05, 0.1) is 11.4 Å². The Bertz CT molecular complexity index is 369. The highest BCUT2D eigenvalue weighted by Crippen LogP contribution is 2.05. The molecule has 5 heteroatoms. The lowest BCUT2D eigenvalue weighted by atomic mass is 10.1. The summed E-state index contributed by atoms with van der Waals surface area (Å²) in [6, 6.07) is 3.76. The Labute approximate surface area is 87.2 Å². The highest BCUT2D eigenvalue weighted by Gasteiger charge is 2.07. The summed E-state index contributed by atoms with van der Waals surface area (Å²) in [6.07, 6.45) is 5.54. The molecule has 0 fully saturated rings. The number of nitrogens with zero attached hydrogens (tertiary/aromatic N) is 2. The van der Waals surface area contributed by atoms with E-state index >= 15 is 0 Å². The zero-order valence-electron chi connectivity index (χ0n) is 8.30. The van der Waals surface area contributed by atoms with Gasteiger partial charge in [-0.05, 0) is 12.8 Å². The molecule has 1 atom stereocenters. The Balaban J connectivity index is 1.76. The monoisotopic (exact) mass is 207 g/mol. The SMILES string of the molecule is NC(CCc1ccon1)Cc1ccon1. The molecule has 2 aromatic heterocycles. The molecule has 5 nitrogen and oxygen atoms in total. The third-order valence-electron chi connectivity index (χ3n) is 2.23. The van der Waals surface area contributed by atoms with Crippen LogP contribution < -0.4 is 5.73 Å². The number of aryl methyl sites for hydroxylation is 1. The first kappa shape index (κ1) is 9.92. The third kappa shape index (κ3) is 2.92. The van der Waals surface area contributed by atoms with Crippen LogP contribution in [-0.4, -0.2) is 16.4 Å². The van der Waals surface area contributed by atoms with Crippen LogP contribution in [-0.2, 0) is 12.8 Å². The Hall–Kier alpha value is -1.62. The van der Waals surface area contributed by atoms with Crippen LogP contribution in [0.3, 0.4) is 0 Å². The molecule has 80 valence electrons. The van der Waals surface area contributed by atoms with Gasteiger partial charge in [0.25, 0.3) is 0 Å². The first-order chi connectivity index (χ1) is 7.34. The lowest BCUT2D eigenvalue weighted by Crippen LogP contribution is -2.23. The molecule has 15 heavy (non-hydrogen) atoms. The minimum atomic E-state index is 0.0757. The van der Waals surface area contributed by atoms with Crippen LogP contribution in [0.25, 0.3) is 0 Å². The van der Waals surface area contributed by atoms with E-state index < -0.39 is 0 Å². The summed E-state index contributed by atoms with van der Waals surface area (Å²) in [5.74, 6) is 0. The average molecular weight is 207 g/mol. The molecule has 1 unspecified atom stereocenters. The maximum Gasteiger partial charge on any atom is 0.124 e. The second-order valence-electron chi connectivity index (χ2n) is 3.48. The smallest absolute Gasteiger partial charge is 0.124 e. The lowest BCUT2D eigenvalue weighted by molar-refractivity contribution is 0.404. The minimum Gasteiger partial charge on any atom is -0.365 e. The largest absolute Gasteiger partial charge is 0.365 e. The van der Waals surface area contributed by atoms with Crippen molar-refractivity contribution in [2.45, 2.75) is 25.3 Å². The zero-order valence-corrected chi connectivity index (χ0v) is 8.30. The molecule has 0 bridgehead atoms. The van der Waals surface area contributed by atoms with Crippen LogP contribution in [0.1, 0.15) is 17.8 Å². The van der Waals surface area contributed by atoms with Crippen molar-refractivity contribution in [1.82, 2.24) is 10.3 Å². The van der Waals surface area contributed by atoms with Crippen molar-refractivity contribution in [3.05, 3.63) is 36.0 Å². The van der Waals surface area contributed by atoms with Gasteiger partial charge in [-0.15, -0.1) is 0 Å². The van der Waals surface area contributed by atoms with Crippen molar-refractivity contribution >= 4 is 0 Å². The molecule has 2 N–H and O–H groups in total. The van der Waals surface area contributed by atoms with Crippen molar-refractivity contribution in [1.29, 1.82) is 0 Å². The van der Waals surface area contributed by atoms with Crippen molar-refractivity contribution in [2.75, 3.05) is 0 Å². The van der Waals surface area contributed by atoms with E-state index in [1.54, 1.807) is 12.5 Å². The van der Waals surface area contributed by atoms with Crippen molar-refractivity contribution in [3.63, 3.8) is 0 Å². The summed E-state index contributed by atoms with van der Waals surface area (Å²) in [7, 11) is 0. The van der Waals surface area contributed by atoms with Gasteiger partial charge in [-0.2, -0.15) is 0 Å². The van der Waals surface area contributed by atoms with E-state index in [2.05, 4.69) is 10.3 Å². The fraction of sp³-hybridized carbons (Fsp3) is 0.400. The standard InChI is InChI=1S/C10H13N3O2/c11-8(7-10-4-6-15-13-10)1-2-9-3-5-14-12-9/h3-6,8H,1-2,7,11H2. The average Bonchev–Trinajstić information content (AvgIpc) is 2.86. The van der Waals surface area contributed by atoms with Gasteiger partial charge in [0.1, 0.15) is 12.5 Å². The lowest BCUT2D eigenvalue weighted by Gasteiger charge is -2.07. The highest BCUT2D eigenvalue weighted by molar-refractivity contribution is 5.00. The van der Waals surface area contributed by atoms with Crippen LogP contribution in [0.5, 0.6) is 0 Å². The fourth-order valence-electron chi connectivity index (χ4n) is 1.41. The number of aromatic nitrogens is 2. The predicted molar refractivity (Wildman–Crippen MR) is 53.0 cm³/mol. The molecular weight excluding hydrogens is 194 g/mol. The quantitative estimate of drug-likeness (QED) is 0.796. The summed E-state index contributed by atoms with van der Waals surface area (Å²) in [6.45, 7) is 0. The topological polar surface area (TPSA) is 78.1 Å². The Morgan fingerprint density at radius 3 is 2.40 bits per heavy atom. The van der Waals surface area contributed by atoms with Gasteiger partial charge in [-0.3, -0.25) is 0 Å². The maximum absolute atomic E-state index is 5.94. The number of hydrogen-bond acceptors (Lipinski definition) is 5. The Morgan fingerprint density at radius 1 is 1.13 bits per heavy atom. The van der Waals surface area contributed by atoms with E-state index in [4.69, 9.17) is 14.8 Å². The summed E-state index contributed by atoms with van der Waals surface area (Å²) in [5.41, 5.74) is 7.77. The normalized spacial score (nSPS) is 12.9. The molecule has 2 heterocycles. The molecule has 2 rings (SSSR count). The van der Waals surface area contributed by atoms with E-state index in [0.717, 1.165) is 30.7 Å². The molecular formula is C10H13N3O2. The third-order valence-corrected chi connectivity index (χ3v) is 2.23. The molecule has 0 aliphatic heterocycles. The molecule has 0 spiro atoms. The molecule has 0 aliphatic carbocycles. The molecule has 2 aromatic rings. The van der Waals surface area contributed by atoms with E-state index in [-0.39, 0.29) is 6.04 Å². The zero-order chi connectivity index (χ0) is 10.5. The van der Waals surface area contributed by atoms with Crippen LogP contribution in [0.15, 0.2) is 33.7 Å². The van der Waals surface area contributed by atoms with Crippen molar-refractivity contribution < 1.29 is 9.05 Å². The van der Waals surface area contributed by atoms with Crippen LogP contribution >= 0.6 is 0 Å². The molecule has 0 saturated heterocycles. The van der Waals surface area contributed by atoms with E-state index in [1.807, 2.05) is 12.1 Å². The molecule has 0 radical (unpaired) electrons. The Morgan fingerprint density at radius 2 is 1.80 bits per heavy atom. The summed E-state index contributed by atoms with van der Waals surface area (Å²) in [4.78, 5) is 0.